The Balaban J connectivity index is 1.62. The number of nitrogens with two attached hydrogens (primary N) is 1. The van der Waals surface area contributed by atoms with Gasteiger partial charge in [-0.1, -0.05) is 18.2 Å². The number of nitrogens with zero attached hydrogens (tertiary/aromatic N) is 2. The molecule has 0 fully saturated rings. The third-order valence-corrected chi connectivity index (χ3v) is 4.74. The summed E-state index contributed by atoms with van der Waals surface area (Å²) in [7, 11) is 0. The van der Waals surface area contributed by atoms with Crippen molar-refractivity contribution < 1.29 is 13.9 Å². The van der Waals surface area contributed by atoms with Crippen LogP contribution in [0.2, 0.25) is 0 Å². The molecule has 2 aromatic carbocycles. The van der Waals surface area contributed by atoms with Gasteiger partial charge in [-0.05, 0) is 42.3 Å². The van der Waals surface area contributed by atoms with E-state index in [1.54, 1.807) is 12.1 Å². The number of aldehydes is 1. The van der Waals surface area contributed by atoms with Gasteiger partial charge >= 0.3 is 0 Å². The van der Waals surface area contributed by atoms with E-state index in [2.05, 4.69) is 10.4 Å². The predicted octanol–water partition coefficient (Wildman–Crippen LogP) is 3.50. The van der Waals surface area contributed by atoms with E-state index in [0.717, 1.165) is 29.6 Å². The van der Waals surface area contributed by atoms with Crippen molar-refractivity contribution in [3.8, 4) is 5.75 Å². The Hall–Kier alpha value is -3.45. The summed E-state index contributed by atoms with van der Waals surface area (Å²) < 4.78 is 19.5. The molecule has 7 heteroatoms. The summed E-state index contributed by atoms with van der Waals surface area (Å²) in [6, 6.07) is 12.1. The van der Waals surface area contributed by atoms with Crippen LogP contribution in [0.15, 0.2) is 54.7 Å². The summed E-state index contributed by atoms with van der Waals surface area (Å²) in [4.78, 5) is 15.0. The normalized spacial score (nSPS) is 13.2. The highest BCUT2D eigenvalue weighted by atomic mass is 19.1. The van der Waals surface area contributed by atoms with Gasteiger partial charge in [-0.15, -0.1) is 0 Å². The molecule has 0 unspecified atom stereocenters. The summed E-state index contributed by atoms with van der Waals surface area (Å²) in [5.74, 6) is 0.311. The SMILES string of the molecule is Nc1nc2ccc(F)cc2cc1OCc1cc(CCC=O)ccc1N1C=CCN1. The Kier molecular flexibility index (Phi) is 5.39. The van der Waals surface area contributed by atoms with Crippen molar-refractivity contribution in [1.82, 2.24) is 10.4 Å². The van der Waals surface area contributed by atoms with Gasteiger partial charge in [-0.25, -0.2) is 14.8 Å². The minimum Gasteiger partial charge on any atom is -0.485 e. The van der Waals surface area contributed by atoms with Gasteiger partial charge in [0.1, 0.15) is 18.7 Å². The van der Waals surface area contributed by atoms with E-state index in [4.69, 9.17) is 10.5 Å². The fourth-order valence-corrected chi connectivity index (χ4v) is 3.31. The number of pyridine rings is 1. The molecule has 1 aliphatic rings. The van der Waals surface area contributed by atoms with Gasteiger partial charge in [0.25, 0.3) is 0 Å². The molecule has 6 nitrogen and oxygen atoms in total. The number of benzene rings is 2. The van der Waals surface area contributed by atoms with Crippen LogP contribution in [0.3, 0.4) is 0 Å². The van der Waals surface area contributed by atoms with Gasteiger partial charge in [0.05, 0.1) is 11.2 Å². The number of rotatable bonds is 7. The van der Waals surface area contributed by atoms with Gasteiger partial charge in [-0.2, -0.15) is 0 Å². The highest BCUT2D eigenvalue weighted by Crippen LogP contribution is 2.29. The molecule has 0 saturated heterocycles. The average molecular weight is 392 g/mol. The summed E-state index contributed by atoms with van der Waals surface area (Å²) in [6.45, 7) is 1.00. The average Bonchev–Trinajstić information content (AvgIpc) is 3.25. The highest BCUT2D eigenvalue weighted by molar-refractivity contribution is 5.82. The highest BCUT2D eigenvalue weighted by Gasteiger charge is 2.14. The van der Waals surface area contributed by atoms with Crippen molar-refractivity contribution in [1.29, 1.82) is 0 Å². The molecular weight excluding hydrogens is 371 g/mol. The van der Waals surface area contributed by atoms with Crippen molar-refractivity contribution in [2.45, 2.75) is 19.4 Å². The fourth-order valence-electron chi connectivity index (χ4n) is 3.31. The molecule has 29 heavy (non-hydrogen) atoms. The van der Waals surface area contributed by atoms with Crippen LogP contribution in [0.25, 0.3) is 10.9 Å². The first-order chi connectivity index (χ1) is 14.1. The number of hydrogen-bond acceptors (Lipinski definition) is 6. The zero-order valence-electron chi connectivity index (χ0n) is 15.8. The van der Waals surface area contributed by atoms with E-state index < -0.39 is 0 Å². The van der Waals surface area contributed by atoms with E-state index in [-0.39, 0.29) is 18.2 Å². The summed E-state index contributed by atoms with van der Waals surface area (Å²) in [5.41, 5.74) is 12.8. The van der Waals surface area contributed by atoms with Crippen molar-refractivity contribution >= 4 is 28.7 Å². The van der Waals surface area contributed by atoms with Crippen LogP contribution in [0.4, 0.5) is 15.9 Å². The molecule has 0 aliphatic carbocycles. The van der Waals surface area contributed by atoms with Gasteiger partial charge in [0.15, 0.2) is 11.6 Å². The van der Waals surface area contributed by atoms with Crippen molar-refractivity contribution in [2.24, 2.45) is 0 Å². The summed E-state index contributed by atoms with van der Waals surface area (Å²) in [5, 5.41) is 2.55. The van der Waals surface area contributed by atoms with Crippen LogP contribution < -0.4 is 20.9 Å². The van der Waals surface area contributed by atoms with E-state index in [9.17, 15) is 9.18 Å². The molecule has 0 saturated carbocycles. The van der Waals surface area contributed by atoms with E-state index in [1.165, 1.54) is 12.1 Å². The number of nitrogens with one attached hydrogen (secondary N) is 1. The predicted molar refractivity (Wildman–Crippen MR) is 111 cm³/mol. The minimum absolute atomic E-state index is 0.252. The Morgan fingerprint density at radius 3 is 2.93 bits per heavy atom. The maximum absolute atomic E-state index is 13.5. The Labute approximate surface area is 167 Å². The third kappa shape index (κ3) is 4.20. The number of fused-ring (bicyclic) bond motifs is 1. The van der Waals surface area contributed by atoms with Crippen LogP contribution in [0.5, 0.6) is 5.75 Å². The molecule has 1 aliphatic heterocycles. The number of carbonyl (C=O) groups is 1. The van der Waals surface area contributed by atoms with Crippen LogP contribution in [-0.2, 0) is 17.8 Å². The maximum Gasteiger partial charge on any atom is 0.166 e. The number of halogens is 1. The molecule has 4 rings (SSSR count). The first kappa shape index (κ1) is 18.9. The van der Waals surface area contributed by atoms with Gasteiger partial charge < -0.3 is 15.3 Å². The largest absolute Gasteiger partial charge is 0.485 e. The lowest BCUT2D eigenvalue weighted by molar-refractivity contribution is -0.107. The Morgan fingerprint density at radius 2 is 2.14 bits per heavy atom. The number of aryl methyl sites for hydroxylation is 1. The Morgan fingerprint density at radius 1 is 1.24 bits per heavy atom. The van der Waals surface area contributed by atoms with E-state index in [1.807, 2.05) is 35.5 Å². The monoisotopic (exact) mass is 392 g/mol. The number of hydrazine groups is 1. The molecule has 0 atom stereocenters. The molecule has 3 N–H and O–H groups in total. The second kappa shape index (κ2) is 8.28. The topological polar surface area (TPSA) is 80.5 Å². The van der Waals surface area contributed by atoms with Crippen LogP contribution in [-0.4, -0.2) is 17.8 Å². The molecule has 1 aromatic heterocycles. The van der Waals surface area contributed by atoms with E-state index >= 15 is 0 Å². The van der Waals surface area contributed by atoms with Crippen molar-refractivity contribution in [2.75, 3.05) is 17.3 Å². The van der Waals surface area contributed by atoms with Crippen molar-refractivity contribution in [3.63, 3.8) is 0 Å². The lowest BCUT2D eigenvalue weighted by atomic mass is 10.0. The molecule has 0 radical (unpaired) electrons. The van der Waals surface area contributed by atoms with E-state index in [0.29, 0.717) is 29.5 Å². The van der Waals surface area contributed by atoms with Crippen LogP contribution in [0, 0.1) is 5.82 Å². The van der Waals surface area contributed by atoms with Crippen LogP contribution >= 0.6 is 0 Å². The zero-order valence-corrected chi connectivity index (χ0v) is 15.8. The quantitative estimate of drug-likeness (QED) is 0.599. The fraction of sp³-hybridized carbons (Fsp3) is 0.182. The van der Waals surface area contributed by atoms with Gasteiger partial charge in [-0.3, -0.25) is 5.01 Å². The number of nitrogen functional groups attached to an aromatic ring is 1. The van der Waals surface area contributed by atoms with Gasteiger partial charge in [0.2, 0.25) is 0 Å². The molecule has 148 valence electrons. The second-order valence-electron chi connectivity index (χ2n) is 6.78. The summed E-state index contributed by atoms with van der Waals surface area (Å²) in [6.07, 6.45) is 6.02. The molecule has 3 aromatic rings. The summed E-state index contributed by atoms with van der Waals surface area (Å²) >= 11 is 0. The smallest absolute Gasteiger partial charge is 0.166 e. The zero-order chi connectivity index (χ0) is 20.2. The maximum atomic E-state index is 13.5. The first-order valence-corrected chi connectivity index (χ1v) is 9.37. The molecular formula is C22H21FN4O2. The first-order valence-electron chi connectivity index (χ1n) is 9.37. The lowest BCUT2D eigenvalue weighted by Gasteiger charge is -2.21. The number of carbonyl (C=O) groups excluding carboxylic acids is 1. The lowest BCUT2D eigenvalue weighted by Crippen LogP contribution is -2.29. The minimum atomic E-state index is -0.341. The molecule has 0 amide bonds. The number of hydrogen-bond donors (Lipinski definition) is 2. The number of ether oxygens (including phenoxy) is 1. The second-order valence-corrected chi connectivity index (χ2v) is 6.78. The van der Waals surface area contributed by atoms with Gasteiger partial charge in [0, 0.05) is 30.1 Å². The third-order valence-electron chi connectivity index (χ3n) is 4.74. The molecule has 2 heterocycles. The number of anilines is 2. The van der Waals surface area contributed by atoms with Crippen molar-refractivity contribution in [3.05, 3.63) is 71.7 Å². The standard InChI is InChI=1S/C22H21FN4O2/c23-18-5-6-19-16(12-18)13-21(22(24)26-19)29-14-17-11-15(3-1-10-28)4-7-20(17)27-9-2-8-25-27/h2,4-7,9-13,25H,1,3,8,14H2,(H2,24,26). The number of aromatic nitrogens is 1. The molecule has 0 spiro atoms. The molecule has 0 bridgehead atoms. The Bertz CT molecular complexity index is 1080. The van der Waals surface area contributed by atoms with Crippen LogP contribution in [0.1, 0.15) is 17.5 Å².